The molecule has 0 saturated heterocycles. The van der Waals surface area contributed by atoms with Crippen molar-refractivity contribution in [1.29, 1.82) is 0 Å². The number of amidine groups is 1. The molecule has 5 nitrogen and oxygen atoms in total. The molecule has 0 bridgehead atoms. The highest BCUT2D eigenvalue weighted by atomic mass is 35.5. The SMILES string of the molecule is COc1ccc(N(CC(=O)c2ccc(Cl)cc2)C2=NCCCS2)cc1OC. The summed E-state index contributed by atoms with van der Waals surface area (Å²) in [5.74, 6) is 2.23. The van der Waals surface area contributed by atoms with E-state index in [0.717, 1.165) is 29.6 Å². The lowest BCUT2D eigenvalue weighted by Crippen LogP contribution is -2.35. The number of hydrogen-bond acceptors (Lipinski definition) is 6. The Morgan fingerprint density at radius 3 is 2.52 bits per heavy atom. The Kier molecular flexibility index (Phi) is 6.63. The summed E-state index contributed by atoms with van der Waals surface area (Å²) in [6, 6.07) is 12.5. The third-order valence-corrected chi connectivity index (χ3v) is 5.51. The van der Waals surface area contributed by atoms with Crippen LogP contribution < -0.4 is 14.4 Å². The first-order valence-corrected chi connectivity index (χ1v) is 9.94. The van der Waals surface area contributed by atoms with Gasteiger partial charge in [0.15, 0.2) is 22.4 Å². The Morgan fingerprint density at radius 1 is 1.15 bits per heavy atom. The van der Waals surface area contributed by atoms with Crippen molar-refractivity contribution < 1.29 is 14.3 Å². The Morgan fingerprint density at radius 2 is 1.89 bits per heavy atom. The second-order valence-electron chi connectivity index (χ2n) is 5.92. The summed E-state index contributed by atoms with van der Waals surface area (Å²) in [5.41, 5.74) is 1.45. The van der Waals surface area contributed by atoms with Crippen molar-refractivity contribution >= 4 is 40.0 Å². The van der Waals surface area contributed by atoms with E-state index in [1.54, 1.807) is 50.2 Å². The van der Waals surface area contributed by atoms with Crippen molar-refractivity contribution in [2.24, 2.45) is 4.99 Å². The van der Waals surface area contributed by atoms with Crippen molar-refractivity contribution in [3.63, 3.8) is 0 Å². The van der Waals surface area contributed by atoms with Crippen molar-refractivity contribution in [2.75, 3.05) is 38.0 Å². The van der Waals surface area contributed by atoms with Gasteiger partial charge in [-0.3, -0.25) is 9.79 Å². The molecule has 1 aliphatic heterocycles. The Balaban J connectivity index is 1.93. The normalized spacial score (nSPS) is 13.7. The molecule has 3 rings (SSSR count). The average Bonchev–Trinajstić information content (AvgIpc) is 2.72. The highest BCUT2D eigenvalue weighted by molar-refractivity contribution is 8.14. The van der Waals surface area contributed by atoms with Crippen molar-refractivity contribution in [2.45, 2.75) is 6.42 Å². The summed E-state index contributed by atoms with van der Waals surface area (Å²) in [6.07, 6.45) is 1.04. The second kappa shape index (κ2) is 9.15. The lowest BCUT2D eigenvalue weighted by atomic mass is 10.1. The van der Waals surface area contributed by atoms with E-state index in [-0.39, 0.29) is 12.3 Å². The first-order chi connectivity index (χ1) is 13.1. The predicted octanol–water partition coefficient (Wildman–Crippen LogP) is 4.54. The molecular formula is C20H21ClN2O3S. The molecule has 0 radical (unpaired) electrons. The molecule has 0 fully saturated rings. The molecule has 0 amide bonds. The number of hydrogen-bond donors (Lipinski definition) is 0. The van der Waals surface area contributed by atoms with Gasteiger partial charge in [0, 0.05) is 34.6 Å². The third-order valence-electron chi connectivity index (χ3n) is 4.16. The molecule has 0 saturated carbocycles. The minimum atomic E-state index is -0.00433. The van der Waals surface area contributed by atoms with Crippen LogP contribution in [-0.4, -0.2) is 44.0 Å². The fourth-order valence-corrected chi connectivity index (χ4v) is 3.83. The molecular weight excluding hydrogens is 384 g/mol. The zero-order valence-corrected chi connectivity index (χ0v) is 16.8. The van der Waals surface area contributed by atoms with Crippen molar-refractivity contribution in [1.82, 2.24) is 0 Å². The predicted molar refractivity (Wildman–Crippen MR) is 112 cm³/mol. The number of Topliss-reactive ketones (excluding diaryl/α,β-unsaturated/α-hetero) is 1. The number of methoxy groups -OCH3 is 2. The number of ether oxygens (including phenoxy) is 2. The molecule has 0 N–H and O–H groups in total. The van der Waals surface area contributed by atoms with E-state index in [9.17, 15) is 4.79 Å². The Hall–Kier alpha value is -2.18. The van der Waals surface area contributed by atoms with Gasteiger partial charge in [-0.2, -0.15) is 0 Å². The summed E-state index contributed by atoms with van der Waals surface area (Å²) >= 11 is 7.59. The van der Waals surface area contributed by atoms with Crippen LogP contribution in [0.25, 0.3) is 0 Å². The standard InChI is InChI=1S/C20H21ClN2O3S/c1-25-18-9-8-16(12-19(18)26-2)23(20-22-10-3-11-27-20)13-17(24)14-4-6-15(21)7-5-14/h4-9,12H,3,10-11,13H2,1-2H3. The van der Waals surface area contributed by atoms with E-state index in [2.05, 4.69) is 4.99 Å². The zero-order valence-electron chi connectivity index (χ0n) is 15.3. The van der Waals surface area contributed by atoms with E-state index in [1.807, 2.05) is 23.1 Å². The first-order valence-electron chi connectivity index (χ1n) is 8.58. The molecule has 142 valence electrons. The molecule has 0 aromatic heterocycles. The topological polar surface area (TPSA) is 51.1 Å². The summed E-state index contributed by atoms with van der Waals surface area (Å²) < 4.78 is 10.7. The molecule has 2 aromatic rings. The van der Waals surface area contributed by atoms with Gasteiger partial charge in [-0.05, 0) is 42.8 Å². The fraction of sp³-hybridized carbons (Fsp3) is 0.300. The molecule has 7 heteroatoms. The number of aliphatic imine (C=N–C) groups is 1. The second-order valence-corrected chi connectivity index (χ2v) is 7.42. The summed E-state index contributed by atoms with van der Waals surface area (Å²) in [6.45, 7) is 0.949. The maximum absolute atomic E-state index is 12.9. The molecule has 27 heavy (non-hydrogen) atoms. The van der Waals surface area contributed by atoms with Gasteiger partial charge in [0.05, 0.1) is 20.8 Å². The quantitative estimate of drug-likeness (QED) is 0.661. The van der Waals surface area contributed by atoms with Gasteiger partial charge < -0.3 is 14.4 Å². The first kappa shape index (κ1) is 19.6. The number of rotatable bonds is 6. The Bertz CT molecular complexity index is 840. The lowest BCUT2D eigenvalue weighted by Gasteiger charge is -2.27. The molecule has 0 atom stereocenters. The number of anilines is 1. The smallest absolute Gasteiger partial charge is 0.182 e. The largest absolute Gasteiger partial charge is 0.493 e. The van der Waals surface area contributed by atoms with Crippen LogP contribution in [-0.2, 0) is 0 Å². The number of benzene rings is 2. The minimum absolute atomic E-state index is 0.00433. The molecule has 2 aromatic carbocycles. The number of carbonyl (C=O) groups excluding carboxylic acids is 1. The minimum Gasteiger partial charge on any atom is -0.493 e. The average molecular weight is 405 g/mol. The molecule has 0 aliphatic carbocycles. The van der Waals surface area contributed by atoms with Crippen molar-refractivity contribution in [3.8, 4) is 11.5 Å². The van der Waals surface area contributed by atoms with Crippen LogP contribution in [0.2, 0.25) is 5.02 Å². The number of halogens is 1. The highest BCUT2D eigenvalue weighted by Crippen LogP contribution is 2.33. The van der Waals surface area contributed by atoms with Gasteiger partial charge in [-0.25, -0.2) is 0 Å². The Labute approximate surface area is 168 Å². The number of nitrogens with zero attached hydrogens (tertiary/aromatic N) is 2. The summed E-state index contributed by atoms with van der Waals surface area (Å²) in [5, 5.41) is 1.45. The maximum atomic E-state index is 12.9. The lowest BCUT2D eigenvalue weighted by molar-refractivity contribution is 0.100. The van der Waals surface area contributed by atoms with Crippen LogP contribution in [0.5, 0.6) is 11.5 Å². The summed E-state index contributed by atoms with van der Waals surface area (Å²) in [4.78, 5) is 19.4. The van der Waals surface area contributed by atoms with Gasteiger partial charge in [0.1, 0.15) is 0 Å². The van der Waals surface area contributed by atoms with Gasteiger partial charge in [-0.1, -0.05) is 23.4 Å². The van der Waals surface area contributed by atoms with Gasteiger partial charge in [-0.15, -0.1) is 0 Å². The molecule has 1 heterocycles. The molecule has 1 aliphatic rings. The van der Waals surface area contributed by atoms with E-state index >= 15 is 0 Å². The van der Waals surface area contributed by atoms with Crippen LogP contribution in [0, 0.1) is 0 Å². The van der Waals surface area contributed by atoms with Crippen LogP contribution in [0.3, 0.4) is 0 Å². The molecule has 0 spiro atoms. The van der Waals surface area contributed by atoms with Crippen LogP contribution >= 0.6 is 23.4 Å². The highest BCUT2D eigenvalue weighted by Gasteiger charge is 2.22. The van der Waals surface area contributed by atoms with Gasteiger partial charge >= 0.3 is 0 Å². The number of carbonyl (C=O) groups is 1. The molecule has 0 unspecified atom stereocenters. The van der Waals surface area contributed by atoms with Crippen LogP contribution in [0.4, 0.5) is 5.69 Å². The zero-order chi connectivity index (χ0) is 19.2. The van der Waals surface area contributed by atoms with Crippen molar-refractivity contribution in [3.05, 3.63) is 53.1 Å². The van der Waals surface area contributed by atoms with Gasteiger partial charge in [0.2, 0.25) is 0 Å². The van der Waals surface area contributed by atoms with E-state index in [1.165, 1.54) is 0 Å². The van der Waals surface area contributed by atoms with E-state index < -0.39 is 0 Å². The van der Waals surface area contributed by atoms with Crippen LogP contribution in [0.15, 0.2) is 47.5 Å². The fourth-order valence-electron chi connectivity index (χ4n) is 2.74. The monoisotopic (exact) mass is 404 g/mol. The van der Waals surface area contributed by atoms with Gasteiger partial charge in [0.25, 0.3) is 0 Å². The number of ketones is 1. The summed E-state index contributed by atoms with van der Waals surface area (Å²) in [7, 11) is 3.19. The van der Waals surface area contributed by atoms with E-state index in [4.69, 9.17) is 21.1 Å². The third kappa shape index (κ3) is 4.76. The maximum Gasteiger partial charge on any atom is 0.182 e. The number of thioether (sulfide) groups is 1. The van der Waals surface area contributed by atoms with E-state index in [0.29, 0.717) is 22.1 Å². The van der Waals surface area contributed by atoms with Crippen LogP contribution in [0.1, 0.15) is 16.8 Å².